The first-order chi connectivity index (χ1) is 10.3. The first-order valence-corrected chi connectivity index (χ1v) is 7.94. The average Bonchev–Trinajstić information content (AvgIpc) is 2.91. The predicted octanol–water partition coefficient (Wildman–Crippen LogP) is 2.67. The van der Waals surface area contributed by atoms with E-state index in [1.807, 2.05) is 0 Å². The number of rotatable bonds is 4. The molecule has 0 saturated carbocycles. The summed E-state index contributed by atoms with van der Waals surface area (Å²) in [5.74, 6) is 2.18. The molecule has 1 aromatic heterocycles. The van der Waals surface area contributed by atoms with Gasteiger partial charge in [-0.05, 0) is 44.8 Å². The molecule has 21 heavy (non-hydrogen) atoms. The molecule has 112 valence electrons. The minimum absolute atomic E-state index is 0.00292. The Bertz CT molecular complexity index is 582. The number of aromatic nitrogens is 3. The van der Waals surface area contributed by atoms with Crippen molar-refractivity contribution in [3.63, 3.8) is 0 Å². The van der Waals surface area contributed by atoms with Gasteiger partial charge in [-0.2, -0.15) is 0 Å². The van der Waals surface area contributed by atoms with Crippen LogP contribution in [0.25, 0.3) is 0 Å². The Labute approximate surface area is 126 Å². The van der Waals surface area contributed by atoms with E-state index >= 15 is 0 Å². The number of aryl methyl sites for hydroxylation is 1. The van der Waals surface area contributed by atoms with E-state index in [0.717, 1.165) is 50.5 Å². The molecule has 0 spiro atoms. The summed E-state index contributed by atoms with van der Waals surface area (Å²) in [7, 11) is 0. The quantitative estimate of drug-likeness (QED) is 0.938. The van der Waals surface area contributed by atoms with Gasteiger partial charge in [-0.1, -0.05) is 37.3 Å². The molecular formula is C17H24N4. The average molecular weight is 284 g/mol. The highest BCUT2D eigenvalue weighted by atomic mass is 15.3. The van der Waals surface area contributed by atoms with Gasteiger partial charge < -0.3 is 9.88 Å². The topological polar surface area (TPSA) is 42.7 Å². The van der Waals surface area contributed by atoms with Crippen molar-refractivity contribution in [1.82, 2.24) is 20.1 Å². The first kappa shape index (κ1) is 14.3. The third-order valence-corrected chi connectivity index (χ3v) is 4.59. The molecule has 4 nitrogen and oxygen atoms in total. The fourth-order valence-electron chi connectivity index (χ4n) is 3.48. The van der Waals surface area contributed by atoms with Gasteiger partial charge in [0.25, 0.3) is 0 Å². The minimum Gasteiger partial charge on any atom is -0.317 e. The second kappa shape index (κ2) is 5.98. The van der Waals surface area contributed by atoms with Gasteiger partial charge in [-0.25, -0.2) is 0 Å². The van der Waals surface area contributed by atoms with E-state index in [-0.39, 0.29) is 5.41 Å². The largest absolute Gasteiger partial charge is 0.317 e. The molecule has 0 amide bonds. The van der Waals surface area contributed by atoms with E-state index in [2.05, 4.69) is 64.3 Å². The normalized spacial score (nSPS) is 17.8. The Morgan fingerprint density at radius 2 is 1.86 bits per heavy atom. The summed E-state index contributed by atoms with van der Waals surface area (Å²) in [5.41, 5.74) is 1.37. The van der Waals surface area contributed by atoms with Crippen molar-refractivity contribution < 1.29 is 0 Å². The Morgan fingerprint density at radius 3 is 2.52 bits per heavy atom. The molecule has 1 aromatic carbocycles. The summed E-state index contributed by atoms with van der Waals surface area (Å²) >= 11 is 0. The highest BCUT2D eigenvalue weighted by Gasteiger charge is 2.40. The fraction of sp³-hybridized carbons (Fsp3) is 0.529. The fourth-order valence-corrected chi connectivity index (χ4v) is 3.48. The molecule has 2 heterocycles. The van der Waals surface area contributed by atoms with Crippen molar-refractivity contribution in [2.24, 2.45) is 0 Å². The van der Waals surface area contributed by atoms with Crippen LogP contribution >= 0.6 is 0 Å². The third kappa shape index (κ3) is 2.48. The van der Waals surface area contributed by atoms with Crippen LogP contribution in [0.1, 0.15) is 43.4 Å². The zero-order chi connectivity index (χ0) is 14.7. The van der Waals surface area contributed by atoms with Gasteiger partial charge >= 0.3 is 0 Å². The highest BCUT2D eigenvalue weighted by molar-refractivity contribution is 5.34. The van der Waals surface area contributed by atoms with Crippen molar-refractivity contribution in [3.05, 3.63) is 47.5 Å². The van der Waals surface area contributed by atoms with Crippen LogP contribution < -0.4 is 5.32 Å². The molecule has 3 rings (SSSR count). The smallest absolute Gasteiger partial charge is 0.143 e. The SMILES string of the molecule is CCCn1c(C)nnc1C1(c2ccccc2)CCNCC1. The lowest BCUT2D eigenvalue weighted by Gasteiger charge is -2.37. The Hall–Kier alpha value is -1.68. The van der Waals surface area contributed by atoms with Crippen LogP contribution in [0.15, 0.2) is 30.3 Å². The van der Waals surface area contributed by atoms with E-state index < -0.39 is 0 Å². The summed E-state index contributed by atoms with van der Waals surface area (Å²) in [6.07, 6.45) is 3.27. The van der Waals surface area contributed by atoms with E-state index in [1.54, 1.807) is 0 Å². The second-order valence-electron chi connectivity index (χ2n) is 5.92. The molecule has 2 aromatic rings. The molecule has 4 heteroatoms. The lowest BCUT2D eigenvalue weighted by Crippen LogP contribution is -2.42. The van der Waals surface area contributed by atoms with Crippen LogP contribution in [0.3, 0.4) is 0 Å². The second-order valence-corrected chi connectivity index (χ2v) is 5.92. The minimum atomic E-state index is 0.00292. The van der Waals surface area contributed by atoms with Crippen molar-refractivity contribution in [2.75, 3.05) is 13.1 Å². The highest BCUT2D eigenvalue weighted by Crippen LogP contribution is 2.39. The molecule has 0 unspecified atom stereocenters. The number of hydrogen-bond acceptors (Lipinski definition) is 3. The van der Waals surface area contributed by atoms with Crippen LogP contribution in [0, 0.1) is 6.92 Å². The zero-order valence-corrected chi connectivity index (χ0v) is 13.0. The van der Waals surface area contributed by atoms with Gasteiger partial charge in [-0.15, -0.1) is 10.2 Å². The van der Waals surface area contributed by atoms with Gasteiger partial charge in [0.15, 0.2) is 0 Å². The maximum atomic E-state index is 4.59. The van der Waals surface area contributed by atoms with Crippen LogP contribution in [-0.2, 0) is 12.0 Å². The van der Waals surface area contributed by atoms with Crippen LogP contribution in [0.4, 0.5) is 0 Å². The number of nitrogens with zero attached hydrogens (tertiary/aromatic N) is 3. The van der Waals surface area contributed by atoms with Crippen molar-refractivity contribution in [2.45, 2.75) is 45.1 Å². The lowest BCUT2D eigenvalue weighted by atomic mass is 9.72. The first-order valence-electron chi connectivity index (χ1n) is 7.94. The molecule has 0 radical (unpaired) electrons. The molecule has 0 atom stereocenters. The molecule has 0 aliphatic carbocycles. The Balaban J connectivity index is 2.12. The molecule has 1 fully saturated rings. The molecule has 1 N–H and O–H groups in total. The van der Waals surface area contributed by atoms with Gasteiger partial charge in [0.1, 0.15) is 11.6 Å². The van der Waals surface area contributed by atoms with Gasteiger partial charge in [0.05, 0.1) is 5.41 Å². The number of piperidine rings is 1. The van der Waals surface area contributed by atoms with Crippen LogP contribution in [-0.4, -0.2) is 27.9 Å². The lowest BCUT2D eigenvalue weighted by molar-refractivity contribution is 0.332. The van der Waals surface area contributed by atoms with E-state index in [1.165, 1.54) is 5.56 Å². The van der Waals surface area contributed by atoms with Crippen LogP contribution in [0.5, 0.6) is 0 Å². The maximum Gasteiger partial charge on any atom is 0.143 e. The number of benzene rings is 1. The number of hydrogen-bond donors (Lipinski definition) is 1. The molecule has 1 aliphatic heterocycles. The molecule has 1 saturated heterocycles. The summed E-state index contributed by atoms with van der Waals surface area (Å²) in [6, 6.07) is 10.8. The molecular weight excluding hydrogens is 260 g/mol. The monoisotopic (exact) mass is 284 g/mol. The summed E-state index contributed by atoms with van der Waals surface area (Å²) < 4.78 is 2.32. The van der Waals surface area contributed by atoms with Crippen molar-refractivity contribution >= 4 is 0 Å². The standard InChI is InChI=1S/C17H24N4/c1-3-13-21-14(2)19-20-16(21)17(9-11-18-12-10-17)15-7-5-4-6-8-15/h4-8,18H,3,9-13H2,1-2H3. The van der Waals surface area contributed by atoms with Gasteiger partial charge in [-0.3, -0.25) is 0 Å². The Kier molecular flexibility index (Phi) is 4.06. The molecule has 1 aliphatic rings. The van der Waals surface area contributed by atoms with Crippen LogP contribution in [0.2, 0.25) is 0 Å². The van der Waals surface area contributed by atoms with Crippen molar-refractivity contribution in [1.29, 1.82) is 0 Å². The maximum absolute atomic E-state index is 4.59. The summed E-state index contributed by atoms with van der Waals surface area (Å²) in [5, 5.41) is 12.4. The third-order valence-electron chi connectivity index (χ3n) is 4.59. The summed E-state index contributed by atoms with van der Waals surface area (Å²) in [6.45, 7) is 7.34. The van der Waals surface area contributed by atoms with E-state index in [4.69, 9.17) is 0 Å². The van der Waals surface area contributed by atoms with Gasteiger partial charge in [0.2, 0.25) is 0 Å². The zero-order valence-electron chi connectivity index (χ0n) is 13.0. The molecule has 0 bridgehead atoms. The van der Waals surface area contributed by atoms with E-state index in [0.29, 0.717) is 0 Å². The van der Waals surface area contributed by atoms with Gasteiger partial charge in [0, 0.05) is 6.54 Å². The number of nitrogens with one attached hydrogen (secondary N) is 1. The summed E-state index contributed by atoms with van der Waals surface area (Å²) in [4.78, 5) is 0. The van der Waals surface area contributed by atoms with E-state index in [9.17, 15) is 0 Å². The predicted molar refractivity (Wildman–Crippen MR) is 84.4 cm³/mol. The Morgan fingerprint density at radius 1 is 1.14 bits per heavy atom. The van der Waals surface area contributed by atoms with Crippen molar-refractivity contribution in [3.8, 4) is 0 Å².